The number of likely N-dealkylation sites (tertiary alicyclic amines) is 1. The van der Waals surface area contributed by atoms with E-state index in [-0.39, 0.29) is 24.5 Å². The lowest BCUT2D eigenvalue weighted by Gasteiger charge is -2.21. The quantitative estimate of drug-likeness (QED) is 0.522. The van der Waals surface area contributed by atoms with Crippen molar-refractivity contribution in [3.05, 3.63) is 12.2 Å². The standard InChI is InChI=1S/C11H15NO4/c1-4-16-11(15)8-5-6-9(13)12(8)10(14)7(2)3/h8H,2,4-6H2,1,3H3. The summed E-state index contributed by atoms with van der Waals surface area (Å²) in [5.74, 6) is -1.37. The zero-order chi connectivity index (χ0) is 12.3. The van der Waals surface area contributed by atoms with Crippen molar-refractivity contribution in [2.75, 3.05) is 6.61 Å². The van der Waals surface area contributed by atoms with Crippen molar-refractivity contribution in [3.8, 4) is 0 Å². The molecule has 1 saturated heterocycles. The second-order valence-corrected chi connectivity index (χ2v) is 3.66. The molecule has 0 aromatic heterocycles. The van der Waals surface area contributed by atoms with Crippen molar-refractivity contribution in [1.82, 2.24) is 4.90 Å². The SMILES string of the molecule is C=C(C)C(=O)N1C(=O)CCC1C(=O)OCC. The van der Waals surface area contributed by atoms with E-state index in [0.717, 1.165) is 4.90 Å². The summed E-state index contributed by atoms with van der Waals surface area (Å²) < 4.78 is 4.82. The average molecular weight is 225 g/mol. The van der Waals surface area contributed by atoms with E-state index in [4.69, 9.17) is 4.74 Å². The van der Waals surface area contributed by atoms with Gasteiger partial charge in [0.15, 0.2) is 0 Å². The topological polar surface area (TPSA) is 63.7 Å². The molecular weight excluding hydrogens is 210 g/mol. The Bertz CT molecular complexity index is 348. The fourth-order valence-corrected chi connectivity index (χ4v) is 1.61. The number of carbonyl (C=O) groups excluding carboxylic acids is 3. The Hall–Kier alpha value is -1.65. The number of hydrogen-bond acceptors (Lipinski definition) is 4. The third kappa shape index (κ3) is 2.29. The number of imide groups is 1. The van der Waals surface area contributed by atoms with Gasteiger partial charge >= 0.3 is 5.97 Å². The lowest BCUT2D eigenvalue weighted by atomic mass is 10.2. The number of hydrogen-bond donors (Lipinski definition) is 0. The van der Waals surface area contributed by atoms with E-state index in [0.29, 0.717) is 6.42 Å². The van der Waals surface area contributed by atoms with Gasteiger partial charge in [0, 0.05) is 12.0 Å². The first-order valence-corrected chi connectivity index (χ1v) is 5.17. The summed E-state index contributed by atoms with van der Waals surface area (Å²) in [6.07, 6.45) is 0.527. The highest BCUT2D eigenvalue weighted by atomic mass is 16.5. The molecule has 1 atom stereocenters. The van der Waals surface area contributed by atoms with E-state index >= 15 is 0 Å². The van der Waals surface area contributed by atoms with E-state index in [9.17, 15) is 14.4 Å². The van der Waals surface area contributed by atoms with E-state index in [2.05, 4.69) is 6.58 Å². The van der Waals surface area contributed by atoms with Crippen LogP contribution < -0.4 is 0 Å². The number of carbonyl (C=O) groups is 3. The first-order valence-electron chi connectivity index (χ1n) is 5.17. The molecule has 16 heavy (non-hydrogen) atoms. The number of esters is 1. The Morgan fingerprint density at radius 2 is 2.19 bits per heavy atom. The number of amides is 2. The molecule has 1 heterocycles. The van der Waals surface area contributed by atoms with Crippen LogP contribution in [0.15, 0.2) is 12.2 Å². The number of rotatable bonds is 3. The third-order valence-electron chi connectivity index (χ3n) is 2.35. The van der Waals surface area contributed by atoms with Gasteiger partial charge in [-0.15, -0.1) is 0 Å². The minimum absolute atomic E-state index is 0.197. The first-order chi connectivity index (χ1) is 7.49. The fraction of sp³-hybridized carbons (Fsp3) is 0.545. The Morgan fingerprint density at radius 1 is 1.56 bits per heavy atom. The molecule has 0 N–H and O–H groups in total. The third-order valence-corrected chi connectivity index (χ3v) is 2.35. The molecule has 1 unspecified atom stereocenters. The van der Waals surface area contributed by atoms with Gasteiger partial charge in [0.25, 0.3) is 5.91 Å². The Morgan fingerprint density at radius 3 is 2.69 bits per heavy atom. The normalized spacial score (nSPS) is 19.8. The zero-order valence-corrected chi connectivity index (χ0v) is 9.49. The second-order valence-electron chi connectivity index (χ2n) is 3.66. The van der Waals surface area contributed by atoms with Crippen molar-refractivity contribution < 1.29 is 19.1 Å². The fourth-order valence-electron chi connectivity index (χ4n) is 1.61. The van der Waals surface area contributed by atoms with E-state index < -0.39 is 17.9 Å². The summed E-state index contributed by atoms with van der Waals surface area (Å²) in [6.45, 7) is 6.90. The minimum atomic E-state index is -0.781. The first kappa shape index (κ1) is 12.4. The largest absolute Gasteiger partial charge is 0.464 e. The van der Waals surface area contributed by atoms with Crippen molar-refractivity contribution >= 4 is 17.8 Å². The molecule has 0 aromatic rings. The monoisotopic (exact) mass is 225 g/mol. The zero-order valence-electron chi connectivity index (χ0n) is 9.49. The van der Waals surface area contributed by atoms with Gasteiger partial charge in [-0.1, -0.05) is 6.58 Å². The smallest absolute Gasteiger partial charge is 0.329 e. The van der Waals surface area contributed by atoms with Gasteiger partial charge in [0.2, 0.25) is 5.91 Å². The molecule has 0 radical (unpaired) electrons. The molecule has 0 spiro atoms. The number of nitrogens with zero attached hydrogens (tertiary/aromatic N) is 1. The van der Waals surface area contributed by atoms with Crippen LogP contribution in [-0.4, -0.2) is 35.3 Å². The molecule has 5 nitrogen and oxygen atoms in total. The van der Waals surface area contributed by atoms with Crippen LogP contribution in [0.1, 0.15) is 26.7 Å². The molecule has 1 aliphatic rings. The molecule has 2 amide bonds. The molecule has 0 bridgehead atoms. The van der Waals surface area contributed by atoms with Crippen LogP contribution in [0.25, 0.3) is 0 Å². The van der Waals surface area contributed by atoms with Crippen LogP contribution in [-0.2, 0) is 19.1 Å². The molecule has 0 aromatic carbocycles. The van der Waals surface area contributed by atoms with Crippen LogP contribution >= 0.6 is 0 Å². The maximum atomic E-state index is 11.7. The van der Waals surface area contributed by atoms with Gasteiger partial charge in [-0.25, -0.2) is 4.79 Å². The van der Waals surface area contributed by atoms with Gasteiger partial charge in [0.05, 0.1) is 6.61 Å². The lowest BCUT2D eigenvalue weighted by Crippen LogP contribution is -2.43. The molecule has 0 aliphatic carbocycles. The highest BCUT2D eigenvalue weighted by molar-refractivity contribution is 6.07. The Labute approximate surface area is 94.1 Å². The van der Waals surface area contributed by atoms with Gasteiger partial charge < -0.3 is 4.74 Å². The van der Waals surface area contributed by atoms with Crippen LogP contribution in [0.5, 0.6) is 0 Å². The minimum Gasteiger partial charge on any atom is -0.464 e. The van der Waals surface area contributed by atoms with E-state index in [1.54, 1.807) is 6.92 Å². The molecule has 1 aliphatic heterocycles. The van der Waals surface area contributed by atoms with E-state index in [1.807, 2.05) is 0 Å². The predicted octanol–water partition coefficient (Wildman–Crippen LogP) is 0.643. The van der Waals surface area contributed by atoms with Crippen molar-refractivity contribution in [2.45, 2.75) is 32.7 Å². The Balaban J connectivity index is 2.85. The molecule has 88 valence electrons. The van der Waals surface area contributed by atoms with Gasteiger partial charge in [-0.05, 0) is 20.3 Å². The van der Waals surface area contributed by atoms with Gasteiger partial charge in [-0.3, -0.25) is 14.5 Å². The van der Waals surface area contributed by atoms with Crippen LogP contribution in [0.2, 0.25) is 0 Å². The Kier molecular flexibility index (Phi) is 3.82. The summed E-state index contributed by atoms with van der Waals surface area (Å²) in [7, 11) is 0. The average Bonchev–Trinajstić information content (AvgIpc) is 2.59. The summed E-state index contributed by atoms with van der Waals surface area (Å²) >= 11 is 0. The van der Waals surface area contributed by atoms with Crippen molar-refractivity contribution in [2.24, 2.45) is 0 Å². The van der Waals surface area contributed by atoms with Crippen LogP contribution in [0.4, 0.5) is 0 Å². The summed E-state index contributed by atoms with van der Waals surface area (Å²) in [5.41, 5.74) is 0.240. The van der Waals surface area contributed by atoms with Gasteiger partial charge in [0.1, 0.15) is 6.04 Å². The summed E-state index contributed by atoms with van der Waals surface area (Å²) in [4.78, 5) is 35.7. The molecule has 0 saturated carbocycles. The highest BCUT2D eigenvalue weighted by Gasteiger charge is 2.41. The van der Waals surface area contributed by atoms with Crippen LogP contribution in [0, 0.1) is 0 Å². The molecule has 5 heteroatoms. The summed E-state index contributed by atoms with van der Waals surface area (Å²) in [6, 6.07) is -0.781. The summed E-state index contributed by atoms with van der Waals surface area (Å²) in [5, 5.41) is 0. The number of ether oxygens (including phenoxy) is 1. The maximum Gasteiger partial charge on any atom is 0.329 e. The molecular formula is C11H15NO4. The van der Waals surface area contributed by atoms with E-state index in [1.165, 1.54) is 6.92 Å². The molecule has 1 rings (SSSR count). The second kappa shape index (κ2) is 4.92. The van der Waals surface area contributed by atoms with Crippen molar-refractivity contribution in [3.63, 3.8) is 0 Å². The maximum absolute atomic E-state index is 11.7. The molecule has 1 fully saturated rings. The van der Waals surface area contributed by atoms with Gasteiger partial charge in [-0.2, -0.15) is 0 Å². The van der Waals surface area contributed by atoms with Crippen molar-refractivity contribution in [1.29, 1.82) is 0 Å². The van der Waals surface area contributed by atoms with Crippen LogP contribution in [0.3, 0.4) is 0 Å². The predicted molar refractivity (Wildman–Crippen MR) is 56.3 cm³/mol. The lowest BCUT2D eigenvalue weighted by molar-refractivity contribution is -0.156. The highest BCUT2D eigenvalue weighted by Crippen LogP contribution is 2.21.